The number of rotatable bonds is 4. The van der Waals surface area contributed by atoms with E-state index in [4.69, 9.17) is 17.3 Å². The average molecular weight is 497 g/mol. The van der Waals surface area contributed by atoms with Crippen molar-refractivity contribution in [3.63, 3.8) is 0 Å². The molecule has 5 N–H and O–H groups in total. The number of carbonyl (C=O) groups excluding carboxylic acids is 1. The number of nitrogens with zero attached hydrogens (tertiary/aromatic N) is 4. The van der Waals surface area contributed by atoms with Crippen molar-refractivity contribution in [3.8, 4) is 0 Å². The first-order valence-electron chi connectivity index (χ1n) is 11.7. The van der Waals surface area contributed by atoms with E-state index in [0.29, 0.717) is 24.8 Å². The van der Waals surface area contributed by atoms with Gasteiger partial charge in [-0.05, 0) is 18.9 Å². The second-order valence-corrected chi connectivity index (χ2v) is 11.6. The molecule has 4 aliphatic rings. The lowest BCUT2D eigenvalue weighted by atomic mass is 10.0. The Kier molecular flexibility index (Phi) is 7.29. The number of anilines is 2. The molecule has 0 radical (unpaired) electrons. The summed E-state index contributed by atoms with van der Waals surface area (Å²) in [5.74, 6) is 1.00. The number of hydrogen-bond donors (Lipinski definition) is 4. The molecule has 5 rings (SSSR count). The zero-order chi connectivity index (χ0) is 22.9. The van der Waals surface area contributed by atoms with Gasteiger partial charge in [0.2, 0.25) is 5.91 Å². The second-order valence-electron chi connectivity index (χ2n) is 9.27. The third kappa shape index (κ3) is 5.10. The fourth-order valence-corrected chi connectivity index (χ4v) is 6.76. The molecule has 0 saturated carbocycles. The van der Waals surface area contributed by atoms with Gasteiger partial charge in [0.05, 0.1) is 41.2 Å². The van der Waals surface area contributed by atoms with Gasteiger partial charge in [-0.3, -0.25) is 20.0 Å². The Morgan fingerprint density at radius 3 is 2.79 bits per heavy atom. The largest absolute Gasteiger partial charge is 0.616 e. The summed E-state index contributed by atoms with van der Waals surface area (Å²) in [7, 11) is 0. The van der Waals surface area contributed by atoms with Crippen LogP contribution in [-0.4, -0.2) is 99.9 Å². The highest BCUT2D eigenvalue weighted by Gasteiger charge is 2.46. The zero-order valence-electron chi connectivity index (χ0n) is 18.7. The summed E-state index contributed by atoms with van der Waals surface area (Å²) in [4.78, 5) is 22.4. The summed E-state index contributed by atoms with van der Waals surface area (Å²) < 4.78 is 11.7. The quantitative estimate of drug-likeness (QED) is 0.316. The lowest BCUT2D eigenvalue weighted by Gasteiger charge is -2.41. The Hall–Kier alpha value is -1.18. The number of hydrazine groups is 1. The number of hydrogen-bond acceptors (Lipinski definition) is 9. The van der Waals surface area contributed by atoms with Gasteiger partial charge in [0, 0.05) is 51.5 Å². The summed E-state index contributed by atoms with van der Waals surface area (Å²) in [6.45, 7) is 4.96. The van der Waals surface area contributed by atoms with Crippen LogP contribution in [0.3, 0.4) is 0 Å². The third-order valence-electron chi connectivity index (χ3n) is 7.21. The fourth-order valence-electron chi connectivity index (χ4n) is 5.44. The van der Waals surface area contributed by atoms with Crippen LogP contribution < -0.4 is 26.7 Å². The minimum atomic E-state index is -0.646. The summed E-state index contributed by atoms with van der Waals surface area (Å²) in [6.07, 6.45) is 4.92. The predicted molar refractivity (Wildman–Crippen MR) is 130 cm³/mol. The first kappa shape index (κ1) is 23.6. The van der Waals surface area contributed by atoms with Crippen LogP contribution in [0.2, 0.25) is 0 Å². The number of aromatic nitrogens is 1. The molecule has 0 spiro atoms. The molecule has 1 aromatic heterocycles. The minimum absolute atomic E-state index is 0.0253. The summed E-state index contributed by atoms with van der Waals surface area (Å²) in [5, 5.41) is 8.34. The Labute approximate surface area is 202 Å². The average Bonchev–Trinajstić information content (AvgIpc) is 3.15. The second kappa shape index (κ2) is 10.2. The third-order valence-corrected chi connectivity index (χ3v) is 8.78. The van der Waals surface area contributed by atoms with Gasteiger partial charge in [0.25, 0.3) is 0 Å². The topological polar surface area (TPSA) is 125 Å². The van der Waals surface area contributed by atoms with Gasteiger partial charge in [0.1, 0.15) is 11.5 Å². The van der Waals surface area contributed by atoms with Crippen molar-refractivity contribution in [3.05, 3.63) is 18.5 Å². The number of nitrogens with two attached hydrogens (primary N) is 1. The van der Waals surface area contributed by atoms with Crippen LogP contribution in [0.25, 0.3) is 0 Å². The van der Waals surface area contributed by atoms with Gasteiger partial charge in [-0.15, -0.1) is 11.6 Å². The summed E-state index contributed by atoms with van der Waals surface area (Å²) in [5.41, 5.74) is 11.1. The number of halogens is 1. The number of nitrogens with one attached hydrogen (secondary N) is 3. The Bertz CT molecular complexity index is 836. The molecule has 12 heteroatoms. The van der Waals surface area contributed by atoms with Crippen molar-refractivity contribution < 1.29 is 9.35 Å². The van der Waals surface area contributed by atoms with Crippen molar-refractivity contribution in [1.29, 1.82) is 0 Å². The maximum atomic E-state index is 13.3. The van der Waals surface area contributed by atoms with Crippen LogP contribution in [0.4, 0.5) is 11.4 Å². The smallest absolute Gasteiger partial charge is 0.233 e. The monoisotopic (exact) mass is 496 g/mol. The molecular weight excluding hydrogens is 464 g/mol. The number of piperidine rings is 1. The van der Waals surface area contributed by atoms with Gasteiger partial charge >= 0.3 is 0 Å². The SMILES string of the molecule is NC1NN2CC(Cl)CNC2C1C(=O)Nc1cnccc1N1CCC(N2CC[S+]([O-])CC2)CC1. The van der Waals surface area contributed by atoms with E-state index in [9.17, 15) is 9.35 Å². The zero-order valence-corrected chi connectivity index (χ0v) is 20.2. The molecule has 1 aromatic rings. The molecule has 5 heterocycles. The van der Waals surface area contributed by atoms with E-state index in [-0.39, 0.29) is 17.5 Å². The Morgan fingerprint density at radius 2 is 2.03 bits per heavy atom. The molecule has 4 saturated heterocycles. The van der Waals surface area contributed by atoms with Crippen molar-refractivity contribution in [2.75, 3.05) is 61.0 Å². The molecule has 182 valence electrons. The molecule has 4 fully saturated rings. The molecule has 33 heavy (non-hydrogen) atoms. The van der Waals surface area contributed by atoms with E-state index < -0.39 is 23.3 Å². The Balaban J connectivity index is 1.22. The fraction of sp³-hybridized carbons (Fsp3) is 0.714. The number of alkyl halides is 1. The highest BCUT2D eigenvalue weighted by atomic mass is 35.5. The molecule has 0 bridgehead atoms. The van der Waals surface area contributed by atoms with Crippen LogP contribution in [0.1, 0.15) is 12.8 Å². The van der Waals surface area contributed by atoms with Crippen LogP contribution in [0.5, 0.6) is 0 Å². The summed E-state index contributed by atoms with van der Waals surface area (Å²) >= 11 is 5.60. The number of fused-ring (bicyclic) bond motifs is 1. The van der Waals surface area contributed by atoms with Crippen LogP contribution >= 0.6 is 11.6 Å². The normalized spacial score (nSPS) is 32.6. The molecule has 0 aliphatic carbocycles. The molecule has 4 unspecified atom stereocenters. The maximum absolute atomic E-state index is 13.3. The van der Waals surface area contributed by atoms with E-state index in [1.807, 2.05) is 11.1 Å². The maximum Gasteiger partial charge on any atom is 0.233 e. The van der Waals surface area contributed by atoms with E-state index in [1.54, 1.807) is 12.4 Å². The van der Waals surface area contributed by atoms with E-state index in [2.05, 4.69) is 30.8 Å². The minimum Gasteiger partial charge on any atom is -0.616 e. The van der Waals surface area contributed by atoms with Crippen molar-refractivity contribution in [2.45, 2.75) is 36.6 Å². The van der Waals surface area contributed by atoms with Gasteiger partial charge in [0.15, 0.2) is 0 Å². The molecule has 4 atom stereocenters. The van der Waals surface area contributed by atoms with Crippen molar-refractivity contribution in [1.82, 2.24) is 25.6 Å². The molecule has 10 nitrogen and oxygen atoms in total. The molecule has 1 amide bonds. The lowest BCUT2D eigenvalue weighted by molar-refractivity contribution is -0.121. The van der Waals surface area contributed by atoms with E-state index in [1.165, 1.54) is 0 Å². The van der Waals surface area contributed by atoms with Crippen LogP contribution in [0.15, 0.2) is 18.5 Å². The number of carbonyl (C=O) groups is 1. The van der Waals surface area contributed by atoms with Gasteiger partial charge in [-0.1, -0.05) is 11.2 Å². The summed E-state index contributed by atoms with van der Waals surface area (Å²) in [6, 6.07) is 2.51. The van der Waals surface area contributed by atoms with Gasteiger partial charge in [-0.2, -0.15) is 0 Å². The van der Waals surface area contributed by atoms with E-state index >= 15 is 0 Å². The van der Waals surface area contributed by atoms with Crippen LogP contribution in [-0.2, 0) is 16.0 Å². The lowest BCUT2D eigenvalue weighted by Crippen LogP contribution is -2.58. The van der Waals surface area contributed by atoms with Crippen molar-refractivity contribution in [2.24, 2.45) is 11.7 Å². The highest BCUT2D eigenvalue weighted by molar-refractivity contribution is 7.91. The highest BCUT2D eigenvalue weighted by Crippen LogP contribution is 2.31. The predicted octanol–water partition coefficient (Wildman–Crippen LogP) is -0.689. The molecule has 4 aliphatic heterocycles. The first-order chi connectivity index (χ1) is 16.0. The van der Waals surface area contributed by atoms with Crippen molar-refractivity contribution >= 4 is 40.1 Å². The Morgan fingerprint density at radius 1 is 1.27 bits per heavy atom. The number of amides is 1. The number of pyridine rings is 1. The molecule has 0 aromatic carbocycles. The van der Waals surface area contributed by atoms with E-state index in [0.717, 1.165) is 56.2 Å². The molecular formula is C21H33ClN8O2S. The van der Waals surface area contributed by atoms with Gasteiger partial charge in [-0.25, -0.2) is 10.4 Å². The van der Waals surface area contributed by atoms with Gasteiger partial charge < -0.3 is 20.5 Å². The standard InChI is InChI=1S/C21H33ClN8O2S/c22-14-11-25-20-18(19(23)27-30(20)13-14)21(31)26-16-12-24-4-1-17(16)29-5-2-15(3-6-29)28-7-9-33(32)10-8-28/h1,4,12,14-15,18-20,25,27H,2-3,5-11,13,23H2,(H,26,31). The van der Waals surface area contributed by atoms with Crippen LogP contribution in [0, 0.1) is 5.92 Å². The first-order valence-corrected chi connectivity index (χ1v) is 13.7.